The summed E-state index contributed by atoms with van der Waals surface area (Å²) in [5, 5.41) is 4.37. The van der Waals surface area contributed by atoms with Gasteiger partial charge < -0.3 is 0 Å². The first kappa shape index (κ1) is 17.2. The van der Waals surface area contributed by atoms with E-state index in [2.05, 4.69) is 5.10 Å². The second-order valence-electron chi connectivity index (χ2n) is 7.08. The molecule has 0 bridgehead atoms. The van der Waals surface area contributed by atoms with Crippen LogP contribution in [0.15, 0.2) is 17.2 Å². The van der Waals surface area contributed by atoms with Gasteiger partial charge in [0.05, 0.1) is 11.9 Å². The minimum atomic E-state index is -1.12. The smallest absolute Gasteiger partial charge is 0.181 e. The number of hydrogen-bond acceptors (Lipinski definition) is 5. The Morgan fingerprint density at radius 2 is 1.92 bits per heavy atom. The molecule has 2 aliphatic rings. The Kier molecular flexibility index (Phi) is 4.10. The van der Waals surface area contributed by atoms with Gasteiger partial charge in [-0.25, -0.2) is 0 Å². The molecule has 2 aromatic rings. The van der Waals surface area contributed by atoms with E-state index in [-0.39, 0.29) is 17.3 Å². The molecular formula is C20H20N2O3S. The second-order valence-corrected chi connectivity index (χ2v) is 8.07. The zero-order valence-electron chi connectivity index (χ0n) is 15.1. The first-order valence-electron chi connectivity index (χ1n) is 8.78. The van der Waals surface area contributed by atoms with E-state index in [4.69, 9.17) is 0 Å². The third-order valence-corrected chi connectivity index (χ3v) is 6.64. The number of thioether (sulfide) groups is 1. The highest BCUT2D eigenvalue weighted by Crippen LogP contribution is 2.46. The number of Topliss-reactive ketones (excluding diaryl/α,β-unsaturated/α-hetero) is 3. The van der Waals surface area contributed by atoms with Crippen molar-refractivity contribution in [2.75, 3.05) is 0 Å². The van der Waals surface area contributed by atoms with Gasteiger partial charge in [-0.1, -0.05) is 0 Å². The van der Waals surface area contributed by atoms with Crippen molar-refractivity contribution in [3.8, 4) is 11.3 Å². The van der Waals surface area contributed by atoms with Crippen molar-refractivity contribution < 1.29 is 14.4 Å². The molecule has 4 rings (SSSR count). The van der Waals surface area contributed by atoms with Gasteiger partial charge in [0.25, 0.3) is 0 Å². The van der Waals surface area contributed by atoms with Gasteiger partial charge in [-0.15, -0.1) is 11.8 Å². The number of ketones is 3. The summed E-state index contributed by atoms with van der Waals surface area (Å²) in [7, 11) is 1.90. The SMILES string of the molecule is Cc1cc(C(=O)C2C(=O)CCCC2=O)c(C)c2c1SCc1cnn(C)c1-2. The molecule has 134 valence electrons. The lowest BCUT2D eigenvalue weighted by molar-refractivity contribution is -0.133. The molecule has 5 nitrogen and oxygen atoms in total. The van der Waals surface area contributed by atoms with Crippen molar-refractivity contribution in [2.45, 2.75) is 43.8 Å². The lowest BCUT2D eigenvalue weighted by Crippen LogP contribution is -2.35. The summed E-state index contributed by atoms with van der Waals surface area (Å²) in [6.07, 6.45) is 3.04. The van der Waals surface area contributed by atoms with Crippen LogP contribution in [-0.2, 0) is 22.4 Å². The number of aromatic nitrogens is 2. The Balaban J connectivity index is 1.89. The fourth-order valence-corrected chi connectivity index (χ4v) is 5.23. The molecule has 1 aliphatic heterocycles. The lowest BCUT2D eigenvalue weighted by atomic mass is 9.79. The van der Waals surface area contributed by atoms with E-state index in [1.165, 1.54) is 0 Å². The van der Waals surface area contributed by atoms with Crippen molar-refractivity contribution in [3.05, 3.63) is 34.5 Å². The van der Waals surface area contributed by atoms with E-state index in [9.17, 15) is 14.4 Å². The molecule has 0 atom stereocenters. The Labute approximate surface area is 156 Å². The third kappa shape index (κ3) is 2.47. The molecule has 0 saturated heterocycles. The monoisotopic (exact) mass is 368 g/mol. The molecule has 1 aromatic carbocycles. The van der Waals surface area contributed by atoms with Crippen LogP contribution in [0, 0.1) is 19.8 Å². The fourth-order valence-electron chi connectivity index (χ4n) is 4.03. The second kappa shape index (κ2) is 6.20. The van der Waals surface area contributed by atoms with Crippen LogP contribution in [-0.4, -0.2) is 27.1 Å². The van der Waals surface area contributed by atoms with Gasteiger partial charge in [0.1, 0.15) is 5.92 Å². The Bertz CT molecular complexity index is 958. The van der Waals surface area contributed by atoms with E-state index in [1.54, 1.807) is 11.8 Å². The van der Waals surface area contributed by atoms with Crippen LogP contribution in [0.4, 0.5) is 0 Å². The maximum absolute atomic E-state index is 13.1. The maximum atomic E-state index is 13.1. The molecule has 2 heterocycles. The van der Waals surface area contributed by atoms with Gasteiger partial charge in [0.15, 0.2) is 17.3 Å². The molecule has 1 saturated carbocycles. The van der Waals surface area contributed by atoms with Crippen LogP contribution in [0.25, 0.3) is 11.3 Å². The average Bonchev–Trinajstić information content (AvgIpc) is 2.98. The summed E-state index contributed by atoms with van der Waals surface area (Å²) in [6, 6.07) is 1.85. The Morgan fingerprint density at radius 1 is 1.23 bits per heavy atom. The number of nitrogens with zero attached hydrogens (tertiary/aromatic N) is 2. The topological polar surface area (TPSA) is 69.0 Å². The highest BCUT2D eigenvalue weighted by Gasteiger charge is 2.38. The molecule has 1 fully saturated rings. The summed E-state index contributed by atoms with van der Waals surface area (Å²) in [5.74, 6) is -1.10. The number of carbonyl (C=O) groups is 3. The number of rotatable bonds is 2. The van der Waals surface area contributed by atoms with E-state index < -0.39 is 5.92 Å². The van der Waals surface area contributed by atoms with Gasteiger partial charge in [-0.2, -0.15) is 5.10 Å². The number of benzene rings is 1. The molecule has 0 radical (unpaired) electrons. The third-order valence-electron chi connectivity index (χ3n) is 5.37. The lowest BCUT2D eigenvalue weighted by Gasteiger charge is -2.25. The molecule has 0 N–H and O–H groups in total. The summed E-state index contributed by atoms with van der Waals surface area (Å²) in [5.41, 5.74) is 5.50. The van der Waals surface area contributed by atoms with Crippen molar-refractivity contribution >= 4 is 29.1 Å². The standard InChI is InChI=1S/C20H20N2O3S/c1-10-7-13(19(25)17-14(23)5-4-6-15(17)24)11(2)16-18-12(8-21-22(18)3)9-26-20(10)16/h7-8,17H,4-6,9H2,1-3H3. The number of hydrogen-bond donors (Lipinski definition) is 0. The number of fused-ring (bicyclic) bond motifs is 3. The predicted molar refractivity (Wildman–Crippen MR) is 99.4 cm³/mol. The molecule has 0 unspecified atom stereocenters. The quantitative estimate of drug-likeness (QED) is 0.600. The Morgan fingerprint density at radius 3 is 2.62 bits per heavy atom. The maximum Gasteiger partial charge on any atom is 0.181 e. The van der Waals surface area contributed by atoms with Crippen LogP contribution >= 0.6 is 11.8 Å². The molecule has 6 heteroatoms. The molecule has 26 heavy (non-hydrogen) atoms. The Hall–Kier alpha value is -2.21. The van der Waals surface area contributed by atoms with E-state index in [0.717, 1.165) is 38.6 Å². The van der Waals surface area contributed by atoms with Crippen LogP contribution in [0.5, 0.6) is 0 Å². The average molecular weight is 368 g/mol. The normalized spacial score (nSPS) is 17.2. The highest BCUT2D eigenvalue weighted by atomic mass is 32.2. The van der Waals surface area contributed by atoms with Crippen molar-refractivity contribution in [1.82, 2.24) is 9.78 Å². The van der Waals surface area contributed by atoms with Crippen molar-refractivity contribution in [2.24, 2.45) is 13.0 Å². The minimum absolute atomic E-state index is 0.239. The largest absolute Gasteiger partial charge is 0.298 e. The fraction of sp³-hybridized carbons (Fsp3) is 0.400. The first-order valence-corrected chi connectivity index (χ1v) is 9.76. The van der Waals surface area contributed by atoms with Crippen molar-refractivity contribution in [1.29, 1.82) is 0 Å². The van der Waals surface area contributed by atoms with Gasteiger partial charge in [0.2, 0.25) is 0 Å². The van der Waals surface area contributed by atoms with E-state index in [0.29, 0.717) is 24.8 Å². The van der Waals surface area contributed by atoms with Crippen LogP contribution in [0.3, 0.4) is 0 Å². The van der Waals surface area contributed by atoms with Gasteiger partial charge in [-0.3, -0.25) is 19.1 Å². The van der Waals surface area contributed by atoms with Crippen LogP contribution in [0.2, 0.25) is 0 Å². The summed E-state index contributed by atoms with van der Waals surface area (Å²) in [6.45, 7) is 3.89. The summed E-state index contributed by atoms with van der Waals surface area (Å²) in [4.78, 5) is 38.8. The van der Waals surface area contributed by atoms with Crippen molar-refractivity contribution in [3.63, 3.8) is 0 Å². The molecule has 0 spiro atoms. The van der Waals surface area contributed by atoms with Crippen LogP contribution < -0.4 is 0 Å². The van der Waals surface area contributed by atoms with Gasteiger partial charge in [0, 0.05) is 47.2 Å². The number of carbonyl (C=O) groups excluding carboxylic acids is 3. The summed E-state index contributed by atoms with van der Waals surface area (Å²) < 4.78 is 1.84. The first-order chi connectivity index (χ1) is 12.4. The van der Waals surface area contributed by atoms with Gasteiger partial charge >= 0.3 is 0 Å². The molecule has 0 amide bonds. The highest BCUT2D eigenvalue weighted by molar-refractivity contribution is 7.98. The van der Waals surface area contributed by atoms with Crippen LogP contribution in [0.1, 0.15) is 46.3 Å². The van der Waals surface area contributed by atoms with E-state index in [1.807, 2.05) is 37.8 Å². The molecular weight excluding hydrogens is 348 g/mol. The van der Waals surface area contributed by atoms with Gasteiger partial charge in [-0.05, 0) is 37.5 Å². The minimum Gasteiger partial charge on any atom is -0.298 e. The zero-order valence-corrected chi connectivity index (χ0v) is 15.9. The summed E-state index contributed by atoms with van der Waals surface area (Å²) >= 11 is 1.74. The van der Waals surface area contributed by atoms with E-state index >= 15 is 0 Å². The number of aryl methyl sites for hydroxylation is 2. The molecule has 1 aliphatic carbocycles. The zero-order chi connectivity index (χ0) is 18.6. The predicted octanol–water partition coefficient (Wildman–Crippen LogP) is 3.43. The molecule has 1 aromatic heterocycles.